The Bertz CT molecular complexity index is 590. The summed E-state index contributed by atoms with van der Waals surface area (Å²) < 4.78 is 4.88. The molecule has 1 aliphatic rings. The van der Waals surface area contributed by atoms with Gasteiger partial charge in [0, 0.05) is 27.9 Å². The minimum atomic E-state index is -0.147. The van der Waals surface area contributed by atoms with Gasteiger partial charge in [0.1, 0.15) is 5.25 Å². The van der Waals surface area contributed by atoms with Gasteiger partial charge in [0.15, 0.2) is 0 Å². The number of benzene rings is 1. The number of ether oxygens (including phenoxy) is 1. The van der Waals surface area contributed by atoms with Gasteiger partial charge in [-0.25, -0.2) is 0 Å². The fraction of sp³-hybridized carbons (Fsp3) is 0.308. The summed E-state index contributed by atoms with van der Waals surface area (Å²) in [6.07, 6.45) is 2.01. The molecule has 0 unspecified atom stereocenters. The van der Waals surface area contributed by atoms with Gasteiger partial charge >= 0.3 is 5.97 Å². The van der Waals surface area contributed by atoms with Crippen molar-refractivity contribution >= 4 is 28.6 Å². The van der Waals surface area contributed by atoms with E-state index in [1.165, 1.54) is 18.1 Å². The van der Waals surface area contributed by atoms with Crippen molar-refractivity contribution in [3.05, 3.63) is 30.0 Å². The number of aromatic amines is 1. The molecular weight excluding hydrogens is 234 g/mol. The van der Waals surface area contributed by atoms with Crippen LogP contribution in [0.3, 0.4) is 0 Å². The molecule has 1 N–H and O–H groups in total. The molecule has 0 bridgehead atoms. The molecule has 2 heterocycles. The lowest BCUT2D eigenvalue weighted by Crippen LogP contribution is -2.26. The maximum absolute atomic E-state index is 11.8. The molecule has 0 spiro atoms. The van der Waals surface area contributed by atoms with Crippen LogP contribution in [0.2, 0.25) is 0 Å². The molecule has 1 aromatic heterocycles. The average molecular weight is 247 g/mol. The number of nitrogens with one attached hydrogen (secondary N) is 1. The van der Waals surface area contributed by atoms with E-state index in [-0.39, 0.29) is 17.1 Å². The zero-order chi connectivity index (χ0) is 12.0. The van der Waals surface area contributed by atoms with Crippen molar-refractivity contribution in [2.75, 3.05) is 7.11 Å². The number of carbonyl (C=O) groups is 1. The van der Waals surface area contributed by atoms with Crippen LogP contribution in [0.1, 0.15) is 18.4 Å². The molecule has 3 rings (SSSR count). The van der Waals surface area contributed by atoms with Crippen molar-refractivity contribution in [2.45, 2.75) is 23.0 Å². The first kappa shape index (κ1) is 10.7. The van der Waals surface area contributed by atoms with Crippen molar-refractivity contribution in [3.8, 4) is 0 Å². The number of esters is 1. The Morgan fingerprint density at radius 1 is 1.47 bits per heavy atom. The second-order valence-corrected chi connectivity index (χ2v) is 5.46. The van der Waals surface area contributed by atoms with Crippen LogP contribution in [0.5, 0.6) is 0 Å². The monoisotopic (exact) mass is 247 g/mol. The third-order valence-electron chi connectivity index (χ3n) is 3.33. The smallest absolute Gasteiger partial charge is 0.319 e. The topological polar surface area (TPSA) is 42.1 Å². The number of hydrogen-bond donors (Lipinski definition) is 1. The molecule has 0 amide bonds. The predicted octanol–water partition coefficient (Wildman–Crippen LogP) is 2.92. The third-order valence-corrected chi connectivity index (χ3v) is 4.78. The molecule has 17 heavy (non-hydrogen) atoms. The molecule has 2 atom stereocenters. The van der Waals surface area contributed by atoms with E-state index >= 15 is 0 Å². The summed E-state index contributed by atoms with van der Waals surface area (Å²) in [6, 6.07) is 6.13. The van der Waals surface area contributed by atoms with Crippen molar-refractivity contribution in [2.24, 2.45) is 0 Å². The van der Waals surface area contributed by atoms with Crippen LogP contribution >= 0.6 is 11.8 Å². The van der Waals surface area contributed by atoms with Crippen LogP contribution in [0, 0.1) is 0 Å². The van der Waals surface area contributed by atoms with Gasteiger partial charge in [-0.2, -0.15) is 0 Å². The molecule has 3 nitrogen and oxygen atoms in total. The molecule has 0 aliphatic carbocycles. The van der Waals surface area contributed by atoms with E-state index in [4.69, 9.17) is 4.74 Å². The SMILES string of the molecule is COC(=O)[C@H]1Sc2cccc3[nH]cc(c23)[C@@H]1C. The van der Waals surface area contributed by atoms with E-state index in [0.717, 1.165) is 10.4 Å². The van der Waals surface area contributed by atoms with Gasteiger partial charge in [-0.3, -0.25) is 4.79 Å². The average Bonchev–Trinajstić information content (AvgIpc) is 2.78. The van der Waals surface area contributed by atoms with Crippen LogP contribution in [-0.2, 0) is 9.53 Å². The fourth-order valence-electron chi connectivity index (χ4n) is 2.40. The zero-order valence-corrected chi connectivity index (χ0v) is 10.5. The maximum atomic E-state index is 11.8. The van der Waals surface area contributed by atoms with Gasteiger partial charge in [-0.1, -0.05) is 13.0 Å². The van der Waals surface area contributed by atoms with Gasteiger partial charge in [0.2, 0.25) is 0 Å². The highest BCUT2D eigenvalue weighted by atomic mass is 32.2. The Kier molecular flexibility index (Phi) is 2.40. The number of hydrogen-bond acceptors (Lipinski definition) is 3. The Hall–Kier alpha value is -1.42. The number of H-pyrrole nitrogens is 1. The van der Waals surface area contributed by atoms with Crippen LogP contribution in [0.4, 0.5) is 0 Å². The van der Waals surface area contributed by atoms with Crippen molar-refractivity contribution in [1.29, 1.82) is 0 Å². The fourth-order valence-corrected chi connectivity index (χ4v) is 3.72. The van der Waals surface area contributed by atoms with Crippen LogP contribution in [-0.4, -0.2) is 23.3 Å². The Labute approximate surface area is 104 Å². The molecule has 0 saturated carbocycles. The van der Waals surface area contributed by atoms with Crippen molar-refractivity contribution in [3.63, 3.8) is 0 Å². The normalized spacial score (nSPS) is 22.7. The lowest BCUT2D eigenvalue weighted by atomic mass is 9.96. The molecule has 88 valence electrons. The van der Waals surface area contributed by atoms with Crippen LogP contribution < -0.4 is 0 Å². The lowest BCUT2D eigenvalue weighted by molar-refractivity contribution is -0.140. The number of rotatable bonds is 1. The lowest BCUT2D eigenvalue weighted by Gasteiger charge is -2.26. The predicted molar refractivity (Wildman–Crippen MR) is 68.4 cm³/mol. The van der Waals surface area contributed by atoms with Crippen LogP contribution in [0.25, 0.3) is 10.9 Å². The van der Waals surface area contributed by atoms with E-state index in [1.807, 2.05) is 12.3 Å². The summed E-state index contributed by atoms with van der Waals surface area (Å²) in [5.41, 5.74) is 2.35. The second-order valence-electron chi connectivity index (χ2n) is 4.27. The van der Waals surface area contributed by atoms with Gasteiger partial charge in [0.25, 0.3) is 0 Å². The number of carbonyl (C=O) groups excluding carboxylic acids is 1. The molecule has 0 saturated heterocycles. The third kappa shape index (κ3) is 1.47. The Morgan fingerprint density at radius 3 is 3.06 bits per heavy atom. The minimum absolute atomic E-state index is 0.145. The van der Waals surface area contributed by atoms with Gasteiger partial charge < -0.3 is 9.72 Å². The highest BCUT2D eigenvalue weighted by Crippen LogP contribution is 2.45. The summed E-state index contributed by atoms with van der Waals surface area (Å²) in [4.78, 5) is 16.2. The standard InChI is InChI=1S/C13H13NO2S/c1-7-8-6-14-9-4-3-5-10(11(8)9)17-12(7)13(15)16-2/h3-7,12,14H,1-2H3/t7-,12-/m0/s1. The van der Waals surface area contributed by atoms with Crippen LogP contribution in [0.15, 0.2) is 29.3 Å². The highest BCUT2D eigenvalue weighted by molar-refractivity contribution is 8.01. The minimum Gasteiger partial charge on any atom is -0.468 e. The van der Waals surface area contributed by atoms with Gasteiger partial charge in [-0.05, 0) is 17.7 Å². The van der Waals surface area contributed by atoms with Gasteiger partial charge in [0.05, 0.1) is 7.11 Å². The summed E-state index contributed by atoms with van der Waals surface area (Å²) in [7, 11) is 1.45. The summed E-state index contributed by atoms with van der Waals surface area (Å²) in [5.74, 6) is 0.0300. The van der Waals surface area contributed by atoms with E-state index in [2.05, 4.69) is 24.0 Å². The molecule has 4 heteroatoms. The molecule has 1 aliphatic heterocycles. The summed E-state index contributed by atoms with van der Waals surface area (Å²) >= 11 is 1.60. The first-order chi connectivity index (χ1) is 8.22. The second kappa shape index (κ2) is 3.81. The first-order valence-corrected chi connectivity index (χ1v) is 6.45. The first-order valence-electron chi connectivity index (χ1n) is 5.57. The molecule has 2 aromatic rings. The molecule has 1 aromatic carbocycles. The Morgan fingerprint density at radius 2 is 2.29 bits per heavy atom. The number of thioether (sulfide) groups is 1. The number of methoxy groups -OCH3 is 1. The van der Waals surface area contributed by atoms with E-state index in [0.29, 0.717) is 0 Å². The number of aromatic nitrogens is 1. The van der Waals surface area contributed by atoms with Crippen molar-refractivity contribution in [1.82, 2.24) is 4.98 Å². The van der Waals surface area contributed by atoms with E-state index < -0.39 is 0 Å². The largest absolute Gasteiger partial charge is 0.468 e. The summed E-state index contributed by atoms with van der Waals surface area (Å²) in [5, 5.41) is 1.11. The highest BCUT2D eigenvalue weighted by Gasteiger charge is 2.34. The van der Waals surface area contributed by atoms with E-state index in [1.54, 1.807) is 11.8 Å². The molecular formula is C13H13NO2S. The molecule has 0 fully saturated rings. The van der Waals surface area contributed by atoms with Crippen molar-refractivity contribution < 1.29 is 9.53 Å². The quantitative estimate of drug-likeness (QED) is 0.788. The molecule has 0 radical (unpaired) electrons. The Balaban J connectivity index is 2.16. The van der Waals surface area contributed by atoms with Gasteiger partial charge in [-0.15, -0.1) is 11.8 Å². The maximum Gasteiger partial charge on any atom is 0.319 e. The summed E-state index contributed by atoms with van der Waals surface area (Å²) in [6.45, 7) is 2.08. The zero-order valence-electron chi connectivity index (χ0n) is 9.69. The van der Waals surface area contributed by atoms with E-state index in [9.17, 15) is 4.79 Å².